The van der Waals surface area contributed by atoms with Crippen LogP contribution in [0.1, 0.15) is 51.7 Å². The summed E-state index contributed by atoms with van der Waals surface area (Å²) in [6.45, 7) is -1.02. The van der Waals surface area contributed by atoms with Gasteiger partial charge in [-0.05, 0) is 18.9 Å². The normalized spacial score (nSPS) is 27.4. The van der Waals surface area contributed by atoms with Crippen LogP contribution in [0.15, 0.2) is 29.2 Å². The molecule has 10 nitrogen and oxygen atoms in total. The topological polar surface area (TPSA) is 127 Å². The summed E-state index contributed by atoms with van der Waals surface area (Å²) in [5, 5.41) is 12.0. The number of pyridine rings is 1. The van der Waals surface area contributed by atoms with Crippen LogP contribution in [-0.4, -0.2) is 69.7 Å². The molecule has 2 saturated heterocycles. The van der Waals surface area contributed by atoms with Gasteiger partial charge in [0.15, 0.2) is 11.4 Å². The van der Waals surface area contributed by atoms with Crippen molar-refractivity contribution in [2.45, 2.75) is 49.7 Å². The standard InChI is InChI=1S/C24H25F3N4O6/c1-36-18-7-24(37-31(18)9-12-2-3-13(26)6-16(12)27)5-4-14(8-25)29-11-17(24)30-10-15(22(28)34)20(32)21(33)19(30)23(29)35/h2-3,6,10,14,17-18,33H,4-5,7-9,11H2,1H3,(H2,28,34)/t14-,17-,18-,24+/m1/s1. The monoisotopic (exact) mass is 522 g/mol. The van der Waals surface area contributed by atoms with Crippen molar-refractivity contribution < 1.29 is 37.4 Å². The first-order valence-electron chi connectivity index (χ1n) is 11.7. The molecule has 3 aliphatic heterocycles. The van der Waals surface area contributed by atoms with Crippen LogP contribution in [0.5, 0.6) is 5.75 Å². The van der Waals surface area contributed by atoms with Gasteiger partial charge in [-0.2, -0.15) is 5.06 Å². The summed E-state index contributed by atoms with van der Waals surface area (Å²) < 4.78 is 48.8. The zero-order valence-corrected chi connectivity index (χ0v) is 19.8. The second kappa shape index (κ2) is 9.15. The van der Waals surface area contributed by atoms with Gasteiger partial charge in [0.25, 0.3) is 11.8 Å². The van der Waals surface area contributed by atoms with Crippen molar-refractivity contribution >= 4 is 11.8 Å². The fraction of sp³-hybridized carbons (Fsp3) is 0.458. The summed E-state index contributed by atoms with van der Waals surface area (Å²) in [6, 6.07) is 1.53. The van der Waals surface area contributed by atoms with Gasteiger partial charge < -0.3 is 25.0 Å². The molecule has 2 amide bonds. The van der Waals surface area contributed by atoms with E-state index >= 15 is 0 Å². The van der Waals surface area contributed by atoms with Crippen molar-refractivity contribution in [1.82, 2.24) is 14.5 Å². The van der Waals surface area contributed by atoms with E-state index in [1.54, 1.807) is 0 Å². The van der Waals surface area contributed by atoms with Crippen LogP contribution in [0, 0.1) is 11.6 Å². The molecule has 0 radical (unpaired) electrons. The predicted octanol–water partition coefficient (Wildman–Crippen LogP) is 1.61. The highest BCUT2D eigenvalue weighted by Crippen LogP contribution is 2.49. The fourth-order valence-electron chi connectivity index (χ4n) is 5.60. The first kappa shape index (κ1) is 25.2. The van der Waals surface area contributed by atoms with Crippen molar-refractivity contribution in [3.63, 3.8) is 0 Å². The molecule has 4 heterocycles. The van der Waals surface area contributed by atoms with E-state index in [1.807, 2.05) is 0 Å². The molecule has 0 unspecified atom stereocenters. The number of halogens is 3. The summed E-state index contributed by atoms with van der Waals surface area (Å²) in [7, 11) is 1.43. The number of fused-ring (bicyclic) bond motifs is 5. The number of carbonyl (C=O) groups is 2. The lowest BCUT2D eigenvalue weighted by Crippen LogP contribution is -2.53. The SMILES string of the molecule is CO[C@@H]1C[C@]2(CC[C@H](CF)N3C[C@H]2n2cc(C(N)=O)c(=O)c(O)c2C3=O)ON1Cc1ccc(F)cc1F. The lowest BCUT2D eigenvalue weighted by Gasteiger charge is -2.42. The maximum atomic E-state index is 14.4. The van der Waals surface area contributed by atoms with E-state index in [0.29, 0.717) is 0 Å². The number of amides is 2. The Morgan fingerprint density at radius 1 is 1.32 bits per heavy atom. The van der Waals surface area contributed by atoms with E-state index in [-0.39, 0.29) is 37.9 Å². The third-order valence-electron chi connectivity index (χ3n) is 7.53. The van der Waals surface area contributed by atoms with Gasteiger partial charge in [-0.15, -0.1) is 0 Å². The highest BCUT2D eigenvalue weighted by molar-refractivity contribution is 5.99. The molecule has 2 aromatic rings. The van der Waals surface area contributed by atoms with Gasteiger partial charge in [-0.1, -0.05) is 6.07 Å². The number of aromatic nitrogens is 1. The minimum Gasteiger partial charge on any atom is -0.503 e. The molecule has 198 valence electrons. The van der Waals surface area contributed by atoms with E-state index in [0.717, 1.165) is 18.3 Å². The smallest absolute Gasteiger partial charge is 0.274 e. The summed E-state index contributed by atoms with van der Waals surface area (Å²) in [4.78, 5) is 45.4. The number of nitrogens with two attached hydrogens (primary N) is 1. The molecule has 2 bridgehead atoms. The number of benzene rings is 1. The number of aromatic hydroxyl groups is 1. The highest BCUT2D eigenvalue weighted by atomic mass is 19.1. The lowest BCUT2D eigenvalue weighted by atomic mass is 9.85. The third-order valence-corrected chi connectivity index (χ3v) is 7.53. The number of carbonyl (C=O) groups excluding carboxylic acids is 2. The minimum atomic E-state index is -1.16. The van der Waals surface area contributed by atoms with Gasteiger partial charge in [-0.3, -0.25) is 19.2 Å². The number of ether oxygens (including phenoxy) is 1. The molecule has 5 rings (SSSR count). The molecule has 4 atom stereocenters. The molecule has 37 heavy (non-hydrogen) atoms. The third kappa shape index (κ3) is 3.97. The van der Waals surface area contributed by atoms with Crippen LogP contribution >= 0.6 is 0 Å². The number of methoxy groups -OCH3 is 1. The number of alkyl halides is 1. The van der Waals surface area contributed by atoms with Crippen LogP contribution in [-0.2, 0) is 16.1 Å². The number of hydrogen-bond donors (Lipinski definition) is 2. The zero-order chi connectivity index (χ0) is 26.6. The molecule has 2 fully saturated rings. The molecule has 1 aromatic heterocycles. The second-order valence-electron chi connectivity index (χ2n) is 9.52. The first-order valence-corrected chi connectivity index (χ1v) is 11.7. The van der Waals surface area contributed by atoms with Crippen LogP contribution in [0.4, 0.5) is 13.2 Å². The molecule has 3 aliphatic rings. The summed E-state index contributed by atoms with van der Waals surface area (Å²) in [6.07, 6.45) is 1.03. The van der Waals surface area contributed by atoms with Crippen molar-refractivity contribution in [2.75, 3.05) is 20.3 Å². The Morgan fingerprint density at radius 2 is 2.08 bits per heavy atom. The molecule has 13 heteroatoms. The van der Waals surface area contributed by atoms with E-state index < -0.39 is 76.5 Å². The summed E-state index contributed by atoms with van der Waals surface area (Å²) in [5.41, 5.74) is 2.31. The molecular weight excluding hydrogens is 497 g/mol. The van der Waals surface area contributed by atoms with Crippen molar-refractivity contribution in [2.24, 2.45) is 5.73 Å². The number of rotatable bonds is 5. The van der Waals surface area contributed by atoms with E-state index in [4.69, 9.17) is 15.3 Å². The van der Waals surface area contributed by atoms with Gasteiger partial charge in [0.1, 0.15) is 35.7 Å². The largest absolute Gasteiger partial charge is 0.503 e. The Labute approximate surface area is 208 Å². The quantitative estimate of drug-likeness (QED) is 0.611. The van der Waals surface area contributed by atoms with Crippen LogP contribution in [0.2, 0.25) is 0 Å². The Hall–Kier alpha value is -3.42. The van der Waals surface area contributed by atoms with E-state index in [9.17, 15) is 32.7 Å². The zero-order valence-electron chi connectivity index (χ0n) is 19.8. The van der Waals surface area contributed by atoms with Crippen molar-refractivity contribution in [3.8, 4) is 5.75 Å². The van der Waals surface area contributed by atoms with E-state index in [2.05, 4.69) is 0 Å². The fourth-order valence-corrected chi connectivity index (χ4v) is 5.60. The molecule has 3 N–H and O–H groups in total. The summed E-state index contributed by atoms with van der Waals surface area (Å²) >= 11 is 0. The molecule has 1 spiro atoms. The minimum absolute atomic E-state index is 0.0455. The van der Waals surface area contributed by atoms with E-state index in [1.165, 1.54) is 27.7 Å². The number of primary amides is 1. The maximum Gasteiger partial charge on any atom is 0.274 e. The Morgan fingerprint density at radius 3 is 2.73 bits per heavy atom. The van der Waals surface area contributed by atoms with Gasteiger partial charge in [-0.25, -0.2) is 13.2 Å². The van der Waals surface area contributed by atoms with Gasteiger partial charge in [0.2, 0.25) is 5.43 Å². The van der Waals surface area contributed by atoms with Gasteiger partial charge in [0, 0.05) is 37.9 Å². The van der Waals surface area contributed by atoms with Crippen LogP contribution in [0.3, 0.4) is 0 Å². The average molecular weight is 522 g/mol. The maximum absolute atomic E-state index is 14.4. The number of hydroxylamine groups is 2. The van der Waals surface area contributed by atoms with Gasteiger partial charge >= 0.3 is 0 Å². The van der Waals surface area contributed by atoms with Crippen LogP contribution in [0.25, 0.3) is 0 Å². The number of hydrogen-bond acceptors (Lipinski definition) is 7. The second-order valence-corrected chi connectivity index (χ2v) is 9.52. The Kier molecular flexibility index (Phi) is 6.24. The van der Waals surface area contributed by atoms with Gasteiger partial charge in [0.05, 0.1) is 18.6 Å². The first-order chi connectivity index (χ1) is 17.6. The van der Waals surface area contributed by atoms with Crippen molar-refractivity contribution in [3.05, 3.63) is 63.1 Å². The molecule has 0 aliphatic carbocycles. The molecular formula is C24H25F3N4O6. The summed E-state index contributed by atoms with van der Waals surface area (Å²) in [5.74, 6) is -4.31. The van der Waals surface area contributed by atoms with Crippen molar-refractivity contribution in [1.29, 1.82) is 0 Å². The lowest BCUT2D eigenvalue weighted by molar-refractivity contribution is -0.252. The Bertz CT molecular complexity index is 1340. The highest BCUT2D eigenvalue weighted by Gasteiger charge is 2.57. The average Bonchev–Trinajstić information content (AvgIpc) is 3.14. The predicted molar refractivity (Wildman–Crippen MR) is 121 cm³/mol. The number of nitrogens with zero attached hydrogens (tertiary/aromatic N) is 3. The molecule has 1 aromatic carbocycles. The van der Waals surface area contributed by atoms with Crippen LogP contribution < -0.4 is 11.2 Å². The Balaban J connectivity index is 1.62. The molecule has 0 saturated carbocycles.